The van der Waals surface area contributed by atoms with Crippen LogP contribution in [0.2, 0.25) is 0 Å². The maximum atomic E-state index is 13.0. The third-order valence-corrected chi connectivity index (χ3v) is 4.31. The summed E-state index contributed by atoms with van der Waals surface area (Å²) in [6.07, 6.45) is 0. The van der Waals surface area contributed by atoms with E-state index in [-0.39, 0.29) is 5.82 Å². The van der Waals surface area contributed by atoms with E-state index in [1.54, 1.807) is 23.5 Å². The van der Waals surface area contributed by atoms with Gasteiger partial charge in [-0.15, -0.1) is 11.3 Å². The summed E-state index contributed by atoms with van der Waals surface area (Å²) in [7, 11) is 2.09. The number of hydrogen-bond acceptors (Lipinski definition) is 3. The highest BCUT2D eigenvalue weighted by molar-refractivity contribution is 7.13. The third-order valence-electron chi connectivity index (χ3n) is 3.37. The summed E-state index contributed by atoms with van der Waals surface area (Å²) in [5.41, 5.74) is 3.30. The smallest absolute Gasteiger partial charge is 0.123 e. The summed E-state index contributed by atoms with van der Waals surface area (Å²) < 4.78 is 13.0. The Morgan fingerprint density at radius 3 is 2.45 bits per heavy atom. The minimum absolute atomic E-state index is 0.219. The zero-order chi connectivity index (χ0) is 15.4. The molecule has 0 aliphatic rings. The summed E-state index contributed by atoms with van der Waals surface area (Å²) >= 11 is 1.60. The highest BCUT2D eigenvalue weighted by Crippen LogP contribution is 2.24. The van der Waals surface area contributed by atoms with Gasteiger partial charge in [0.1, 0.15) is 10.8 Å². The van der Waals surface area contributed by atoms with Gasteiger partial charge in [-0.2, -0.15) is 0 Å². The lowest BCUT2D eigenvalue weighted by Gasteiger charge is -2.15. The molecule has 22 heavy (non-hydrogen) atoms. The van der Waals surface area contributed by atoms with Gasteiger partial charge < -0.3 is 0 Å². The zero-order valence-corrected chi connectivity index (χ0v) is 13.2. The summed E-state index contributed by atoms with van der Waals surface area (Å²) in [5.74, 6) is -0.219. The molecule has 3 aromatic rings. The molecule has 0 N–H and O–H groups in total. The van der Waals surface area contributed by atoms with Crippen LogP contribution >= 0.6 is 11.3 Å². The Hall–Kier alpha value is -2.04. The van der Waals surface area contributed by atoms with Crippen molar-refractivity contribution in [2.45, 2.75) is 13.1 Å². The number of halogens is 1. The van der Waals surface area contributed by atoms with Crippen molar-refractivity contribution in [1.82, 2.24) is 9.88 Å². The lowest BCUT2D eigenvalue weighted by molar-refractivity contribution is 0.316. The Bertz CT molecular complexity index is 722. The van der Waals surface area contributed by atoms with Crippen molar-refractivity contribution in [3.05, 3.63) is 77.1 Å². The van der Waals surface area contributed by atoms with Crippen LogP contribution in [-0.2, 0) is 13.1 Å². The Kier molecular flexibility index (Phi) is 4.61. The van der Waals surface area contributed by atoms with Gasteiger partial charge in [-0.3, -0.25) is 4.90 Å². The van der Waals surface area contributed by atoms with Gasteiger partial charge in [-0.25, -0.2) is 9.37 Å². The number of benzene rings is 2. The molecule has 3 rings (SSSR count). The van der Waals surface area contributed by atoms with E-state index < -0.39 is 0 Å². The van der Waals surface area contributed by atoms with Crippen molar-refractivity contribution in [1.29, 1.82) is 0 Å². The molecule has 0 saturated heterocycles. The summed E-state index contributed by atoms with van der Waals surface area (Å²) in [6.45, 7) is 1.69. The first-order valence-electron chi connectivity index (χ1n) is 7.13. The Labute approximate surface area is 133 Å². The normalized spacial score (nSPS) is 11.0. The van der Waals surface area contributed by atoms with E-state index in [0.717, 1.165) is 29.4 Å². The lowest BCUT2D eigenvalue weighted by Crippen LogP contribution is -2.17. The maximum absolute atomic E-state index is 13.0. The second-order valence-corrected chi connectivity index (χ2v) is 6.17. The van der Waals surface area contributed by atoms with Crippen molar-refractivity contribution in [2.75, 3.05) is 7.05 Å². The first-order chi connectivity index (χ1) is 10.7. The van der Waals surface area contributed by atoms with E-state index in [2.05, 4.69) is 46.6 Å². The fourth-order valence-corrected chi connectivity index (χ4v) is 3.15. The quantitative estimate of drug-likeness (QED) is 0.685. The molecule has 2 nitrogen and oxygen atoms in total. The molecular weight excluding hydrogens is 295 g/mol. The van der Waals surface area contributed by atoms with Gasteiger partial charge in [-0.1, -0.05) is 30.3 Å². The molecule has 0 fully saturated rings. The molecule has 0 radical (unpaired) electrons. The van der Waals surface area contributed by atoms with Gasteiger partial charge in [0, 0.05) is 24.0 Å². The average Bonchev–Trinajstić information content (AvgIpc) is 2.97. The molecule has 0 spiro atoms. The summed E-state index contributed by atoms with van der Waals surface area (Å²) in [4.78, 5) is 6.88. The first-order valence-corrected chi connectivity index (χ1v) is 8.01. The maximum Gasteiger partial charge on any atom is 0.123 e. The van der Waals surface area contributed by atoms with E-state index in [0.29, 0.717) is 0 Å². The number of nitrogens with zero attached hydrogens (tertiary/aromatic N) is 2. The summed E-state index contributed by atoms with van der Waals surface area (Å²) in [5, 5.41) is 3.00. The van der Waals surface area contributed by atoms with E-state index in [4.69, 9.17) is 0 Å². The molecule has 0 aliphatic carbocycles. The van der Waals surface area contributed by atoms with Crippen LogP contribution in [0.15, 0.2) is 60.0 Å². The molecule has 0 atom stereocenters. The van der Waals surface area contributed by atoms with Gasteiger partial charge in [0.15, 0.2) is 0 Å². The van der Waals surface area contributed by atoms with E-state index in [1.807, 2.05) is 6.07 Å². The van der Waals surface area contributed by atoms with Crippen LogP contribution in [0.3, 0.4) is 0 Å². The molecule has 112 valence electrons. The van der Waals surface area contributed by atoms with Crippen molar-refractivity contribution in [3.63, 3.8) is 0 Å². The highest BCUT2D eigenvalue weighted by Gasteiger charge is 2.08. The molecule has 2 aromatic carbocycles. The number of aromatic nitrogens is 1. The third kappa shape index (κ3) is 3.78. The van der Waals surface area contributed by atoms with Crippen LogP contribution in [0.5, 0.6) is 0 Å². The van der Waals surface area contributed by atoms with Gasteiger partial charge >= 0.3 is 0 Å². The lowest BCUT2D eigenvalue weighted by atomic mass is 10.2. The molecule has 0 unspecified atom stereocenters. The largest absolute Gasteiger partial charge is 0.296 e. The van der Waals surface area contributed by atoms with Crippen LogP contribution in [0, 0.1) is 5.82 Å². The van der Waals surface area contributed by atoms with Gasteiger partial charge in [-0.05, 0) is 36.9 Å². The van der Waals surface area contributed by atoms with Crippen LogP contribution < -0.4 is 0 Å². The van der Waals surface area contributed by atoms with Crippen molar-refractivity contribution in [3.8, 4) is 10.6 Å². The number of rotatable bonds is 5. The minimum Gasteiger partial charge on any atom is -0.296 e. The second-order valence-electron chi connectivity index (χ2n) is 5.31. The molecule has 0 amide bonds. The highest BCUT2D eigenvalue weighted by atomic mass is 32.1. The van der Waals surface area contributed by atoms with Gasteiger partial charge in [0.25, 0.3) is 0 Å². The van der Waals surface area contributed by atoms with Crippen LogP contribution in [-0.4, -0.2) is 16.9 Å². The SMILES string of the molecule is CN(Cc1ccccc1)Cc1csc(-c2ccc(F)cc2)n1. The van der Waals surface area contributed by atoms with Crippen LogP contribution in [0.4, 0.5) is 4.39 Å². The van der Waals surface area contributed by atoms with Crippen molar-refractivity contribution in [2.24, 2.45) is 0 Å². The predicted octanol–water partition coefficient (Wildman–Crippen LogP) is 4.58. The standard InChI is InChI=1S/C18H17FN2S/c1-21(11-14-5-3-2-4-6-14)12-17-13-22-18(20-17)15-7-9-16(19)10-8-15/h2-10,13H,11-12H2,1H3. The second kappa shape index (κ2) is 6.81. The predicted molar refractivity (Wildman–Crippen MR) is 89.1 cm³/mol. The zero-order valence-electron chi connectivity index (χ0n) is 12.4. The first kappa shape index (κ1) is 14.9. The molecule has 0 saturated carbocycles. The van der Waals surface area contributed by atoms with Crippen molar-refractivity contribution >= 4 is 11.3 Å². The topological polar surface area (TPSA) is 16.1 Å². The molecular formula is C18H17FN2S. The van der Waals surface area contributed by atoms with Gasteiger partial charge in [0.05, 0.1) is 5.69 Å². The molecule has 0 aliphatic heterocycles. The van der Waals surface area contributed by atoms with Crippen molar-refractivity contribution < 1.29 is 4.39 Å². The molecule has 1 aromatic heterocycles. The van der Waals surface area contributed by atoms with E-state index in [1.165, 1.54) is 17.7 Å². The molecule has 4 heteroatoms. The van der Waals surface area contributed by atoms with Crippen LogP contribution in [0.1, 0.15) is 11.3 Å². The Balaban J connectivity index is 1.65. The Morgan fingerprint density at radius 1 is 1.00 bits per heavy atom. The fourth-order valence-electron chi connectivity index (χ4n) is 2.33. The number of hydrogen-bond donors (Lipinski definition) is 0. The minimum atomic E-state index is -0.219. The average molecular weight is 312 g/mol. The van der Waals surface area contributed by atoms with Gasteiger partial charge in [0.2, 0.25) is 0 Å². The van der Waals surface area contributed by atoms with E-state index in [9.17, 15) is 4.39 Å². The number of thiazole rings is 1. The summed E-state index contributed by atoms with van der Waals surface area (Å²) in [6, 6.07) is 16.9. The molecule has 0 bridgehead atoms. The fraction of sp³-hybridized carbons (Fsp3) is 0.167. The van der Waals surface area contributed by atoms with E-state index >= 15 is 0 Å². The molecule has 1 heterocycles. The Morgan fingerprint density at radius 2 is 1.73 bits per heavy atom. The van der Waals surface area contributed by atoms with Crippen LogP contribution in [0.25, 0.3) is 10.6 Å². The monoisotopic (exact) mass is 312 g/mol.